The zero-order chi connectivity index (χ0) is 35.4. The van der Waals surface area contributed by atoms with E-state index in [0.717, 1.165) is 55.6 Å². The summed E-state index contributed by atoms with van der Waals surface area (Å²) in [4.78, 5) is 11.7. The highest BCUT2D eigenvalue weighted by molar-refractivity contribution is 7.22. The maximum Gasteiger partial charge on any atom is 0.185 e. The fraction of sp³-hybridized carbons (Fsp3) is 0.0213. The van der Waals surface area contributed by atoms with Crippen molar-refractivity contribution in [2.24, 2.45) is 0 Å². The van der Waals surface area contributed by atoms with E-state index < -0.39 is 14.2 Å². The average molecular weight is 702 g/mol. The molecule has 0 aliphatic carbocycles. The van der Waals surface area contributed by atoms with Gasteiger partial charge in [-0.1, -0.05) is 121 Å². The lowest BCUT2D eigenvalue weighted by Crippen LogP contribution is -2.77. The first-order chi connectivity index (χ1) is 26.2. The zero-order valence-corrected chi connectivity index (χ0v) is 29.6. The number of halogens is 1. The van der Waals surface area contributed by atoms with Crippen LogP contribution in [0.4, 0.5) is 21.6 Å². The maximum absolute atomic E-state index is 17.1. The number of nitrogens with zero attached hydrogens (tertiary/aromatic N) is 3. The molecule has 6 heteroatoms. The number of furan rings is 1. The van der Waals surface area contributed by atoms with E-state index in [2.05, 4.69) is 107 Å². The van der Waals surface area contributed by atoms with Crippen molar-refractivity contribution in [3.05, 3.63) is 199 Å². The summed E-state index contributed by atoms with van der Waals surface area (Å²) in [6.45, 7) is 0. The third kappa shape index (κ3) is 4.87. The molecule has 3 aromatic heterocycles. The second-order valence-corrected chi connectivity index (χ2v) is 17.1. The number of anilines is 3. The van der Waals surface area contributed by atoms with E-state index in [1.807, 2.05) is 85.1 Å². The quantitative estimate of drug-likeness (QED) is 0.162. The number of fused-ring (bicyclic) bond motifs is 6. The van der Waals surface area contributed by atoms with Crippen LogP contribution in [0.3, 0.4) is 0 Å². The van der Waals surface area contributed by atoms with E-state index in [9.17, 15) is 0 Å². The highest BCUT2D eigenvalue weighted by Gasteiger charge is 2.51. The van der Waals surface area contributed by atoms with Crippen molar-refractivity contribution in [3.8, 4) is 11.3 Å². The van der Waals surface area contributed by atoms with Crippen molar-refractivity contribution in [2.45, 2.75) is 6.17 Å². The normalized spacial score (nSPS) is 13.8. The summed E-state index contributed by atoms with van der Waals surface area (Å²) < 4.78 is 23.7. The van der Waals surface area contributed by atoms with Crippen LogP contribution in [0.15, 0.2) is 193 Å². The molecule has 0 saturated heterocycles. The molecule has 9 aromatic rings. The Balaban J connectivity index is 1.30. The molecule has 10 rings (SSSR count). The fourth-order valence-electron chi connectivity index (χ4n) is 8.30. The lowest BCUT2D eigenvalue weighted by Gasteiger charge is -2.45. The van der Waals surface area contributed by atoms with Gasteiger partial charge in [0, 0.05) is 40.1 Å². The number of hydrogen-bond acceptors (Lipinski definition) is 4. The van der Waals surface area contributed by atoms with Crippen molar-refractivity contribution in [1.82, 2.24) is 9.97 Å². The molecule has 0 fully saturated rings. The molecule has 0 bridgehead atoms. The molecule has 0 saturated carbocycles. The summed E-state index contributed by atoms with van der Waals surface area (Å²) >= 11 is 0. The van der Waals surface area contributed by atoms with Crippen LogP contribution in [-0.4, -0.2) is 18.0 Å². The third-order valence-electron chi connectivity index (χ3n) is 10.5. The molecule has 0 N–H and O–H groups in total. The first-order valence-corrected chi connectivity index (χ1v) is 19.8. The van der Waals surface area contributed by atoms with E-state index >= 15 is 4.39 Å². The van der Waals surface area contributed by atoms with Crippen molar-refractivity contribution in [2.75, 3.05) is 4.90 Å². The van der Waals surface area contributed by atoms with Gasteiger partial charge in [-0.3, -0.25) is 9.88 Å². The van der Waals surface area contributed by atoms with Crippen LogP contribution in [0.2, 0.25) is 0 Å². The van der Waals surface area contributed by atoms with Gasteiger partial charge in [0.15, 0.2) is 14.2 Å². The first kappa shape index (κ1) is 31.1. The van der Waals surface area contributed by atoms with Crippen molar-refractivity contribution >= 4 is 68.0 Å². The standard InChI is InChI=1S/C47H32FN3OSi/c48-46(33-15-13-14-32(30-33)38-21-9-11-28-49-38)34-24-27-43-40(31-34)51(44-23-10-12-29-50-44)39-25-26-42-45(37-20-7-8-22-41(37)52-42)47(39)53(43,35-16-3-1-4-17-35)36-18-5-2-6-19-36/h1-31,46H. The minimum Gasteiger partial charge on any atom is -0.456 e. The number of aromatic nitrogens is 2. The van der Waals surface area contributed by atoms with Crippen molar-refractivity contribution in [3.63, 3.8) is 0 Å². The average Bonchev–Trinajstić information content (AvgIpc) is 3.62. The van der Waals surface area contributed by atoms with E-state index in [4.69, 9.17) is 9.40 Å². The Bertz CT molecular complexity index is 2720. The predicted molar refractivity (Wildman–Crippen MR) is 216 cm³/mol. The van der Waals surface area contributed by atoms with Gasteiger partial charge < -0.3 is 4.42 Å². The van der Waals surface area contributed by atoms with Crippen molar-refractivity contribution < 1.29 is 8.81 Å². The Kier molecular flexibility index (Phi) is 7.37. The van der Waals surface area contributed by atoms with Gasteiger partial charge in [-0.25, -0.2) is 9.37 Å². The van der Waals surface area contributed by atoms with Crippen LogP contribution in [0.5, 0.6) is 0 Å². The van der Waals surface area contributed by atoms with Gasteiger partial charge in [0.1, 0.15) is 17.0 Å². The Morgan fingerprint density at radius 3 is 1.98 bits per heavy atom. The molecule has 0 spiro atoms. The van der Waals surface area contributed by atoms with Crippen LogP contribution in [-0.2, 0) is 0 Å². The second kappa shape index (κ2) is 12.5. The van der Waals surface area contributed by atoms with Crippen LogP contribution in [0, 0.1) is 0 Å². The minimum absolute atomic E-state index is 0.574. The summed E-state index contributed by atoms with van der Waals surface area (Å²) in [7, 11) is -3.15. The second-order valence-electron chi connectivity index (χ2n) is 13.4. The first-order valence-electron chi connectivity index (χ1n) is 17.8. The number of para-hydroxylation sites is 1. The molecule has 1 aliphatic rings. The smallest absolute Gasteiger partial charge is 0.185 e. The molecular weight excluding hydrogens is 670 g/mol. The Labute approximate surface area is 307 Å². The Morgan fingerprint density at radius 1 is 0.547 bits per heavy atom. The molecular formula is C47H32FN3OSi. The van der Waals surface area contributed by atoms with Gasteiger partial charge in [0.2, 0.25) is 0 Å². The number of alkyl halides is 1. The van der Waals surface area contributed by atoms with Crippen LogP contribution >= 0.6 is 0 Å². The summed E-state index contributed by atoms with van der Waals surface area (Å²) in [5.41, 5.74) is 6.46. The zero-order valence-electron chi connectivity index (χ0n) is 28.6. The van der Waals surface area contributed by atoms with Gasteiger partial charge in [-0.05, 0) is 86.5 Å². The van der Waals surface area contributed by atoms with Gasteiger partial charge >= 0.3 is 0 Å². The summed E-state index contributed by atoms with van der Waals surface area (Å²) in [5.74, 6) is 0.760. The molecule has 4 heterocycles. The van der Waals surface area contributed by atoms with E-state index in [0.29, 0.717) is 11.1 Å². The number of benzene rings is 6. The summed E-state index contributed by atoms with van der Waals surface area (Å²) in [6.07, 6.45) is 2.21. The monoisotopic (exact) mass is 701 g/mol. The van der Waals surface area contributed by atoms with Crippen LogP contribution in [0.1, 0.15) is 17.3 Å². The number of pyridine rings is 2. The highest BCUT2D eigenvalue weighted by Crippen LogP contribution is 2.43. The van der Waals surface area contributed by atoms with E-state index in [-0.39, 0.29) is 0 Å². The van der Waals surface area contributed by atoms with Gasteiger partial charge in [0.05, 0.1) is 5.69 Å². The lowest BCUT2D eigenvalue weighted by molar-refractivity contribution is 0.402. The van der Waals surface area contributed by atoms with Gasteiger partial charge in [0.25, 0.3) is 0 Å². The van der Waals surface area contributed by atoms with Crippen LogP contribution < -0.4 is 25.6 Å². The van der Waals surface area contributed by atoms with Crippen molar-refractivity contribution in [1.29, 1.82) is 0 Å². The van der Waals surface area contributed by atoms with E-state index in [1.54, 1.807) is 6.20 Å². The van der Waals surface area contributed by atoms with E-state index in [1.165, 1.54) is 15.6 Å². The topological polar surface area (TPSA) is 42.2 Å². The molecule has 1 unspecified atom stereocenters. The fourth-order valence-corrected chi connectivity index (χ4v) is 13.6. The summed E-state index contributed by atoms with van der Waals surface area (Å²) in [6, 6.07) is 59.9. The summed E-state index contributed by atoms with van der Waals surface area (Å²) in [5, 5.41) is 7.02. The minimum atomic E-state index is -3.15. The molecule has 4 nitrogen and oxygen atoms in total. The van der Waals surface area contributed by atoms with Gasteiger partial charge in [-0.15, -0.1) is 0 Å². The molecule has 252 valence electrons. The highest BCUT2D eigenvalue weighted by atomic mass is 28.3. The van der Waals surface area contributed by atoms with Crippen LogP contribution in [0.25, 0.3) is 33.2 Å². The Morgan fingerprint density at radius 2 is 1.25 bits per heavy atom. The molecule has 1 aliphatic heterocycles. The number of hydrogen-bond donors (Lipinski definition) is 0. The SMILES string of the molecule is FC(c1cccc(-c2ccccn2)c1)c1ccc2c(c1)N(c1ccccn1)c1ccc3oc4ccccc4c3c1[Si]2(c1ccccc1)c1ccccc1. The largest absolute Gasteiger partial charge is 0.456 e. The molecule has 1 atom stereocenters. The molecule has 0 amide bonds. The molecule has 0 radical (unpaired) electrons. The molecule has 53 heavy (non-hydrogen) atoms. The lowest BCUT2D eigenvalue weighted by atomic mass is 9.98. The third-order valence-corrected chi connectivity index (χ3v) is 15.4. The number of rotatable bonds is 6. The predicted octanol–water partition coefficient (Wildman–Crippen LogP) is 9.26. The molecule has 6 aromatic carbocycles. The maximum atomic E-state index is 17.1. The Hall–Kier alpha value is -6.63. The van der Waals surface area contributed by atoms with Gasteiger partial charge in [-0.2, -0.15) is 0 Å².